The summed E-state index contributed by atoms with van der Waals surface area (Å²) in [7, 11) is 2.59. The van der Waals surface area contributed by atoms with Gasteiger partial charge in [0.1, 0.15) is 12.0 Å². The highest BCUT2D eigenvalue weighted by Crippen LogP contribution is 2.43. The molecule has 1 unspecified atom stereocenters. The molecule has 0 amide bonds. The van der Waals surface area contributed by atoms with E-state index in [1.165, 1.54) is 26.2 Å². The van der Waals surface area contributed by atoms with Crippen LogP contribution in [0.1, 0.15) is 67.9 Å². The number of aromatic hydroxyl groups is 1. The van der Waals surface area contributed by atoms with Crippen molar-refractivity contribution in [1.82, 2.24) is 14.5 Å². The molecule has 0 saturated heterocycles. The molecule has 0 saturated carbocycles. The Kier molecular flexibility index (Phi) is 8.98. The van der Waals surface area contributed by atoms with E-state index in [2.05, 4.69) is 19.2 Å². The minimum absolute atomic E-state index is 0.0132. The number of rotatable bonds is 6. The van der Waals surface area contributed by atoms with Crippen LogP contribution in [-0.2, 0) is 18.9 Å². The lowest BCUT2D eigenvalue weighted by atomic mass is 9.71. The number of nitrogens with one attached hydrogen (secondary N) is 1. The molecular formula is C26H35N3O6. The number of nitrogens with zero attached hydrogens (tertiary/aromatic N) is 2. The van der Waals surface area contributed by atoms with E-state index in [0.29, 0.717) is 17.4 Å². The smallest absolute Gasteiger partial charge is 0.333 e. The molecule has 0 radical (unpaired) electrons. The van der Waals surface area contributed by atoms with Gasteiger partial charge in [-0.25, -0.2) is 4.79 Å². The lowest BCUT2D eigenvalue weighted by Crippen LogP contribution is -2.40. The van der Waals surface area contributed by atoms with Crippen LogP contribution in [0.15, 0.2) is 45.2 Å². The Morgan fingerprint density at radius 2 is 1.57 bits per heavy atom. The van der Waals surface area contributed by atoms with Gasteiger partial charge in [-0.2, -0.15) is 0 Å². The van der Waals surface area contributed by atoms with E-state index < -0.39 is 28.5 Å². The van der Waals surface area contributed by atoms with Crippen LogP contribution < -0.4 is 16.6 Å². The van der Waals surface area contributed by atoms with Gasteiger partial charge in [-0.3, -0.25) is 23.5 Å². The van der Waals surface area contributed by atoms with Crippen molar-refractivity contribution >= 4 is 12.1 Å². The fourth-order valence-corrected chi connectivity index (χ4v) is 4.24. The molecule has 1 aliphatic rings. The van der Waals surface area contributed by atoms with Crippen molar-refractivity contribution < 1.29 is 19.8 Å². The van der Waals surface area contributed by atoms with Gasteiger partial charge in [0.2, 0.25) is 5.88 Å². The lowest BCUT2D eigenvalue weighted by Gasteiger charge is -2.33. The number of aromatic nitrogens is 2. The molecule has 3 N–H and O–H groups in total. The third-order valence-corrected chi connectivity index (χ3v) is 6.05. The van der Waals surface area contributed by atoms with Crippen LogP contribution in [0.5, 0.6) is 5.88 Å². The first-order valence-corrected chi connectivity index (χ1v) is 11.6. The summed E-state index contributed by atoms with van der Waals surface area (Å²) in [6.07, 6.45) is 1.04. The number of aldehydes is 1. The summed E-state index contributed by atoms with van der Waals surface area (Å²) in [6, 6.07) is 6.17. The van der Waals surface area contributed by atoms with Crippen LogP contribution in [0.2, 0.25) is 0 Å². The summed E-state index contributed by atoms with van der Waals surface area (Å²) in [5.74, 6) is -2.18. The Balaban J connectivity index is 0.000000784. The Morgan fingerprint density at radius 1 is 1.00 bits per heavy atom. The fourth-order valence-electron chi connectivity index (χ4n) is 4.24. The molecule has 3 rings (SSSR count). The predicted molar refractivity (Wildman–Crippen MR) is 134 cm³/mol. The fraction of sp³-hybridized carbons (Fsp3) is 0.462. The topological polar surface area (TPSA) is 131 Å². The molecule has 190 valence electrons. The van der Waals surface area contributed by atoms with Crippen molar-refractivity contribution in [3.8, 4) is 5.88 Å². The molecule has 0 spiro atoms. The van der Waals surface area contributed by atoms with Gasteiger partial charge < -0.3 is 15.5 Å². The molecule has 0 fully saturated rings. The largest absolute Gasteiger partial charge is 0.512 e. The summed E-state index contributed by atoms with van der Waals surface area (Å²) in [6.45, 7) is 10.1. The molecule has 0 aliphatic heterocycles. The maximum absolute atomic E-state index is 13.1. The van der Waals surface area contributed by atoms with E-state index in [1.54, 1.807) is 12.1 Å². The number of carbonyl (C=O) groups excluding carboxylic acids is 2. The van der Waals surface area contributed by atoms with Gasteiger partial charge in [-0.05, 0) is 24.1 Å². The summed E-state index contributed by atoms with van der Waals surface area (Å²) in [5, 5.41) is 24.6. The number of hydrogen-bond acceptors (Lipinski definition) is 7. The number of ketones is 1. The Labute approximate surface area is 204 Å². The van der Waals surface area contributed by atoms with Crippen LogP contribution in [0.4, 0.5) is 0 Å². The first kappa shape index (κ1) is 27.8. The second-order valence-electron chi connectivity index (χ2n) is 9.42. The Hall–Kier alpha value is -3.46. The van der Waals surface area contributed by atoms with Gasteiger partial charge in [0.25, 0.3) is 5.56 Å². The summed E-state index contributed by atoms with van der Waals surface area (Å²) in [5.41, 5.74) is -1.28. The van der Waals surface area contributed by atoms with Crippen LogP contribution in [0, 0.1) is 5.41 Å². The normalized spacial score (nSPS) is 15.9. The number of hydrogen-bond donors (Lipinski definition) is 3. The van der Waals surface area contributed by atoms with E-state index in [-0.39, 0.29) is 35.5 Å². The van der Waals surface area contributed by atoms with Crippen LogP contribution in [0.25, 0.3) is 0 Å². The van der Waals surface area contributed by atoms with Gasteiger partial charge >= 0.3 is 5.69 Å². The van der Waals surface area contributed by atoms with Crippen molar-refractivity contribution in [2.75, 3.05) is 13.1 Å². The first-order valence-electron chi connectivity index (χ1n) is 11.6. The monoisotopic (exact) mass is 485 g/mol. The average molecular weight is 486 g/mol. The number of allylic oxidation sites excluding steroid dienone is 2. The number of aliphatic hydroxyl groups excluding tert-OH is 1. The predicted octanol–water partition coefficient (Wildman–Crippen LogP) is 2.55. The van der Waals surface area contributed by atoms with Gasteiger partial charge in [0, 0.05) is 38.1 Å². The highest BCUT2D eigenvalue weighted by atomic mass is 16.3. The summed E-state index contributed by atoms with van der Waals surface area (Å²) < 4.78 is 1.76. The molecular weight excluding hydrogens is 450 g/mol. The summed E-state index contributed by atoms with van der Waals surface area (Å²) in [4.78, 5) is 49.3. The van der Waals surface area contributed by atoms with Crippen molar-refractivity contribution in [3.63, 3.8) is 0 Å². The quantitative estimate of drug-likeness (QED) is 0.536. The highest BCUT2D eigenvalue weighted by molar-refractivity contribution is 5.99. The minimum Gasteiger partial charge on any atom is -0.512 e. The number of benzene rings is 1. The van der Waals surface area contributed by atoms with Crippen LogP contribution in [-0.4, -0.2) is 44.5 Å². The van der Waals surface area contributed by atoms with Gasteiger partial charge in [0.15, 0.2) is 5.78 Å². The number of aliphatic hydroxyl groups is 1. The molecule has 9 heteroatoms. The van der Waals surface area contributed by atoms with E-state index in [0.717, 1.165) is 22.2 Å². The van der Waals surface area contributed by atoms with Crippen LogP contribution in [0.3, 0.4) is 0 Å². The zero-order valence-corrected chi connectivity index (χ0v) is 21.2. The van der Waals surface area contributed by atoms with Crippen LogP contribution >= 0.6 is 0 Å². The van der Waals surface area contributed by atoms with Crippen molar-refractivity contribution in [2.45, 2.75) is 46.5 Å². The average Bonchev–Trinajstić information content (AvgIpc) is 2.80. The second-order valence-corrected chi connectivity index (χ2v) is 9.42. The first-order chi connectivity index (χ1) is 16.4. The van der Waals surface area contributed by atoms with Gasteiger partial charge in [-0.15, -0.1) is 0 Å². The van der Waals surface area contributed by atoms with Gasteiger partial charge in [-0.1, -0.05) is 52.0 Å². The van der Waals surface area contributed by atoms with E-state index in [1.807, 2.05) is 13.8 Å². The molecule has 1 aliphatic carbocycles. The van der Waals surface area contributed by atoms with Crippen molar-refractivity contribution in [1.29, 1.82) is 0 Å². The molecule has 2 aromatic rings. The highest BCUT2D eigenvalue weighted by Gasteiger charge is 2.40. The van der Waals surface area contributed by atoms with Crippen molar-refractivity contribution in [3.05, 3.63) is 73.1 Å². The van der Waals surface area contributed by atoms with E-state index in [9.17, 15) is 29.4 Å². The maximum atomic E-state index is 13.1. The molecule has 1 aromatic carbocycles. The molecule has 0 bridgehead atoms. The molecule has 1 aromatic heterocycles. The second kappa shape index (κ2) is 11.3. The zero-order valence-electron chi connectivity index (χ0n) is 21.2. The number of Topliss-reactive ketones (excluding diaryl/α,β-unsaturated/α-hetero) is 1. The summed E-state index contributed by atoms with van der Waals surface area (Å²) >= 11 is 0. The third kappa shape index (κ3) is 5.97. The van der Waals surface area contributed by atoms with E-state index >= 15 is 0 Å². The Morgan fingerprint density at radius 3 is 2.03 bits per heavy atom. The third-order valence-electron chi connectivity index (χ3n) is 6.05. The molecule has 35 heavy (non-hydrogen) atoms. The van der Waals surface area contributed by atoms with Gasteiger partial charge in [0.05, 0.1) is 11.5 Å². The SMILES string of the molecule is CCNCC.Cn1c(O)c(C(C2=C(O)CC(C)(C)CC2=O)c2ccc(C=O)cc2)c(=O)n(C)c1=O. The number of carbonyl (C=O) groups is 2. The standard InChI is InChI=1S/C22H24N2O6.C4H11N/c1-22(2)9-14(26)17(15(27)10-22)16(13-7-5-12(11-25)6-8-13)18-19(28)23(3)21(30)24(4)20(18)29;1-3-5-4-2/h5-8,11,16,26,28H,9-10H2,1-4H3;5H,3-4H2,1-2H3. The zero-order chi connectivity index (χ0) is 26.5. The van der Waals surface area contributed by atoms with Crippen molar-refractivity contribution in [2.24, 2.45) is 19.5 Å². The molecule has 9 nitrogen and oxygen atoms in total. The molecule has 1 heterocycles. The maximum Gasteiger partial charge on any atom is 0.333 e. The minimum atomic E-state index is -1.10. The lowest BCUT2D eigenvalue weighted by molar-refractivity contribution is -0.118. The Bertz CT molecular complexity index is 1230. The van der Waals surface area contributed by atoms with E-state index in [4.69, 9.17) is 0 Å². The molecule has 1 atom stereocenters.